The van der Waals surface area contributed by atoms with Gasteiger partial charge in [0.2, 0.25) is 0 Å². The molecule has 2 fully saturated rings. The van der Waals surface area contributed by atoms with Crippen LogP contribution in [0.3, 0.4) is 0 Å². The van der Waals surface area contributed by atoms with E-state index in [0.29, 0.717) is 0 Å². The van der Waals surface area contributed by atoms with Gasteiger partial charge in [-0.25, -0.2) is 0 Å². The predicted molar refractivity (Wildman–Crippen MR) is 96.5 cm³/mol. The summed E-state index contributed by atoms with van der Waals surface area (Å²) < 4.78 is 0. The zero-order valence-corrected chi connectivity index (χ0v) is 15.6. The van der Waals surface area contributed by atoms with Crippen LogP contribution < -0.4 is 0 Å². The van der Waals surface area contributed by atoms with Crippen LogP contribution in [0.2, 0.25) is 12.6 Å². The van der Waals surface area contributed by atoms with Crippen molar-refractivity contribution in [3.8, 4) is 0 Å². The molecule has 21 heavy (non-hydrogen) atoms. The van der Waals surface area contributed by atoms with Crippen LogP contribution in [0.5, 0.6) is 0 Å². The Balaban J connectivity index is 1.73. The number of hydrogen-bond donors (Lipinski definition) is 0. The number of likely N-dealkylation sites (tertiary alicyclic amines) is 2. The van der Waals surface area contributed by atoms with Crippen molar-refractivity contribution in [1.82, 2.24) is 9.80 Å². The van der Waals surface area contributed by atoms with Gasteiger partial charge in [0, 0.05) is 18.8 Å². The summed E-state index contributed by atoms with van der Waals surface area (Å²) in [5.41, 5.74) is 4.26. The highest BCUT2D eigenvalue weighted by molar-refractivity contribution is 6.63. The second kappa shape index (κ2) is 9.68. The quantitative estimate of drug-likeness (QED) is 0.707. The van der Waals surface area contributed by atoms with Gasteiger partial charge in [0.05, 0.1) is 8.80 Å². The minimum Gasteiger partial charge on any atom is -0.376 e. The molecule has 2 aliphatic heterocycles. The average Bonchev–Trinajstić information content (AvgIpc) is 2.90. The van der Waals surface area contributed by atoms with E-state index in [0.717, 1.165) is 0 Å². The topological polar surface area (TPSA) is 6.48 Å². The number of nitrogens with zero attached hydrogens (tertiary/aromatic N) is 2. The van der Waals surface area contributed by atoms with Gasteiger partial charge in [-0.1, -0.05) is 37.9 Å². The van der Waals surface area contributed by atoms with E-state index in [4.69, 9.17) is 0 Å². The molecule has 122 valence electrons. The number of rotatable bonds is 5. The standard InChI is InChI=1S/C18H36N2Si/c1-18(20-13-9-5-6-10-14-20)17-21(2)16-15-19-11-7-3-4-8-12-19/h17,21H,3-16H2,1-2H3. The van der Waals surface area contributed by atoms with Crippen molar-refractivity contribution in [2.75, 3.05) is 32.7 Å². The third kappa shape index (κ3) is 6.56. The molecule has 0 aromatic carbocycles. The van der Waals surface area contributed by atoms with Gasteiger partial charge < -0.3 is 9.80 Å². The molecule has 2 heterocycles. The molecule has 1 atom stereocenters. The fraction of sp³-hybridized carbons (Fsp3) is 0.889. The molecular weight excluding hydrogens is 272 g/mol. The van der Waals surface area contributed by atoms with E-state index in [-0.39, 0.29) is 0 Å². The van der Waals surface area contributed by atoms with Gasteiger partial charge in [-0.3, -0.25) is 0 Å². The molecule has 2 nitrogen and oxygen atoms in total. The Hall–Kier alpha value is -0.283. The second-order valence-corrected chi connectivity index (χ2v) is 10.1. The lowest BCUT2D eigenvalue weighted by molar-refractivity contribution is 0.300. The van der Waals surface area contributed by atoms with E-state index in [1.807, 2.05) is 0 Å². The average molecular weight is 309 g/mol. The molecule has 1 unspecified atom stereocenters. The molecule has 2 aliphatic rings. The smallest absolute Gasteiger partial charge is 0.0619 e. The molecular formula is C18H36N2Si. The minimum absolute atomic E-state index is 0.677. The Morgan fingerprint density at radius 3 is 1.95 bits per heavy atom. The van der Waals surface area contributed by atoms with Gasteiger partial charge >= 0.3 is 0 Å². The molecule has 0 saturated carbocycles. The van der Waals surface area contributed by atoms with Gasteiger partial charge in [-0.2, -0.15) is 0 Å². The van der Waals surface area contributed by atoms with Crippen molar-refractivity contribution < 1.29 is 0 Å². The third-order valence-corrected chi connectivity index (χ3v) is 7.45. The summed E-state index contributed by atoms with van der Waals surface area (Å²) in [7, 11) is -0.677. The lowest BCUT2D eigenvalue weighted by Gasteiger charge is -2.25. The highest BCUT2D eigenvalue weighted by Crippen LogP contribution is 2.16. The maximum absolute atomic E-state index is 2.73. The Bertz CT molecular complexity index is 300. The lowest BCUT2D eigenvalue weighted by Crippen LogP contribution is -2.29. The van der Waals surface area contributed by atoms with Crippen molar-refractivity contribution >= 4 is 8.80 Å². The molecule has 2 rings (SSSR count). The highest BCUT2D eigenvalue weighted by Gasteiger charge is 2.13. The van der Waals surface area contributed by atoms with Crippen LogP contribution in [0.15, 0.2) is 11.4 Å². The molecule has 0 aliphatic carbocycles. The van der Waals surface area contributed by atoms with Gasteiger partial charge in [0.15, 0.2) is 0 Å². The van der Waals surface area contributed by atoms with Crippen molar-refractivity contribution in [3.63, 3.8) is 0 Å². The second-order valence-electron chi connectivity index (χ2n) is 7.23. The van der Waals surface area contributed by atoms with E-state index in [1.165, 1.54) is 90.1 Å². The maximum atomic E-state index is 2.73. The Morgan fingerprint density at radius 1 is 0.857 bits per heavy atom. The van der Waals surface area contributed by atoms with E-state index in [9.17, 15) is 0 Å². The lowest BCUT2D eigenvalue weighted by atomic mass is 10.2. The van der Waals surface area contributed by atoms with Crippen LogP contribution in [0, 0.1) is 0 Å². The molecule has 0 bridgehead atoms. The first-order chi connectivity index (χ1) is 10.3. The summed E-state index contributed by atoms with van der Waals surface area (Å²) in [6.07, 6.45) is 11.4. The van der Waals surface area contributed by atoms with Crippen molar-refractivity contribution in [2.24, 2.45) is 0 Å². The first-order valence-corrected chi connectivity index (χ1v) is 12.1. The van der Waals surface area contributed by atoms with Crippen LogP contribution in [0.4, 0.5) is 0 Å². The SMILES string of the molecule is CC(=C[SiH](C)CCN1CCCCCC1)N1CCCCCC1. The summed E-state index contributed by atoms with van der Waals surface area (Å²) in [5.74, 6) is 0. The van der Waals surface area contributed by atoms with Crippen LogP contribution in [0.25, 0.3) is 0 Å². The van der Waals surface area contributed by atoms with Gasteiger partial charge in [-0.15, -0.1) is 0 Å². The number of hydrogen-bond acceptors (Lipinski definition) is 2. The summed E-state index contributed by atoms with van der Waals surface area (Å²) in [5, 5.41) is 0. The molecule has 0 radical (unpaired) electrons. The molecule has 3 heteroatoms. The fourth-order valence-corrected chi connectivity index (χ4v) is 5.74. The largest absolute Gasteiger partial charge is 0.376 e. The van der Waals surface area contributed by atoms with Crippen molar-refractivity contribution in [2.45, 2.75) is 70.9 Å². The van der Waals surface area contributed by atoms with Crippen LogP contribution in [-0.4, -0.2) is 51.3 Å². The van der Waals surface area contributed by atoms with E-state index in [1.54, 1.807) is 5.70 Å². The monoisotopic (exact) mass is 308 g/mol. The zero-order valence-electron chi connectivity index (χ0n) is 14.4. The van der Waals surface area contributed by atoms with Gasteiger partial charge in [0.25, 0.3) is 0 Å². The summed E-state index contributed by atoms with van der Waals surface area (Å²) in [4.78, 5) is 5.38. The summed E-state index contributed by atoms with van der Waals surface area (Å²) in [6, 6.07) is 1.46. The first kappa shape index (κ1) is 17.1. The minimum atomic E-state index is -0.677. The Morgan fingerprint density at radius 2 is 1.38 bits per heavy atom. The Labute approximate surface area is 134 Å². The van der Waals surface area contributed by atoms with Crippen LogP contribution >= 0.6 is 0 Å². The van der Waals surface area contributed by atoms with Crippen molar-refractivity contribution in [1.29, 1.82) is 0 Å². The summed E-state index contributed by atoms with van der Waals surface area (Å²) in [6.45, 7) is 11.6. The highest BCUT2D eigenvalue weighted by atomic mass is 28.3. The third-order valence-electron chi connectivity index (χ3n) is 5.23. The molecule has 0 aromatic heterocycles. The normalized spacial score (nSPS) is 24.5. The molecule has 0 amide bonds. The molecule has 0 N–H and O–H groups in total. The van der Waals surface area contributed by atoms with Crippen LogP contribution in [0.1, 0.15) is 58.3 Å². The molecule has 2 saturated heterocycles. The van der Waals surface area contributed by atoms with Crippen LogP contribution in [-0.2, 0) is 0 Å². The van der Waals surface area contributed by atoms with Gasteiger partial charge in [0.1, 0.15) is 0 Å². The zero-order chi connectivity index (χ0) is 14.9. The van der Waals surface area contributed by atoms with E-state index < -0.39 is 8.80 Å². The Kier molecular flexibility index (Phi) is 7.87. The fourth-order valence-electron chi connectivity index (χ4n) is 3.77. The summed E-state index contributed by atoms with van der Waals surface area (Å²) >= 11 is 0. The van der Waals surface area contributed by atoms with Gasteiger partial charge in [-0.05, 0) is 58.3 Å². The number of allylic oxidation sites excluding steroid dienone is 1. The maximum Gasteiger partial charge on any atom is 0.0619 e. The first-order valence-electron chi connectivity index (χ1n) is 9.41. The molecule has 0 aromatic rings. The predicted octanol–water partition coefficient (Wildman–Crippen LogP) is 4.04. The van der Waals surface area contributed by atoms with E-state index in [2.05, 4.69) is 29.0 Å². The molecule has 0 spiro atoms. The van der Waals surface area contributed by atoms with E-state index >= 15 is 0 Å². The van der Waals surface area contributed by atoms with Crippen molar-refractivity contribution in [3.05, 3.63) is 11.4 Å².